The lowest BCUT2D eigenvalue weighted by Crippen LogP contribution is -2.41. The van der Waals surface area contributed by atoms with E-state index in [1.165, 1.54) is 25.8 Å². The molecule has 1 fully saturated rings. The van der Waals surface area contributed by atoms with E-state index in [1.807, 2.05) is 6.92 Å². The van der Waals surface area contributed by atoms with Gasteiger partial charge < -0.3 is 19.5 Å². The topological polar surface area (TPSA) is 41.9 Å². The van der Waals surface area contributed by atoms with Gasteiger partial charge in [-0.1, -0.05) is 6.42 Å². The summed E-state index contributed by atoms with van der Waals surface area (Å²) in [6.45, 7) is 6.32. The zero-order chi connectivity index (χ0) is 13.2. The van der Waals surface area contributed by atoms with Crippen LogP contribution in [0.3, 0.4) is 0 Å². The minimum atomic E-state index is -0.187. The number of rotatable bonds is 9. The van der Waals surface area contributed by atoms with Crippen LogP contribution in [0.5, 0.6) is 0 Å². The second-order valence-corrected chi connectivity index (χ2v) is 5.23. The summed E-state index contributed by atoms with van der Waals surface area (Å²) in [5.74, 6) is 0. The summed E-state index contributed by atoms with van der Waals surface area (Å²) >= 11 is 0. The van der Waals surface area contributed by atoms with Gasteiger partial charge in [-0.15, -0.1) is 0 Å². The first kappa shape index (κ1) is 15.9. The van der Waals surface area contributed by atoms with Crippen LogP contribution in [0.25, 0.3) is 0 Å². The lowest BCUT2D eigenvalue weighted by molar-refractivity contribution is 0.0521. The van der Waals surface area contributed by atoms with Gasteiger partial charge in [0.1, 0.15) is 0 Å². The highest BCUT2D eigenvalue weighted by Gasteiger charge is 2.22. The molecular weight excluding hydrogens is 230 g/mol. The van der Waals surface area contributed by atoms with Gasteiger partial charge in [0.15, 0.2) is 0 Å². The van der Waals surface area contributed by atoms with E-state index < -0.39 is 0 Å². The monoisotopic (exact) mass is 259 g/mol. The van der Waals surface area contributed by atoms with Crippen molar-refractivity contribution in [3.05, 3.63) is 0 Å². The molecule has 2 unspecified atom stereocenters. The van der Waals surface area contributed by atoms with Crippen molar-refractivity contribution in [2.75, 3.05) is 40.0 Å². The fourth-order valence-electron chi connectivity index (χ4n) is 2.63. The Balaban J connectivity index is 2.13. The third-order valence-corrected chi connectivity index (χ3v) is 3.53. The maximum Gasteiger partial charge on any atom is 0.0700 e. The van der Waals surface area contributed by atoms with Gasteiger partial charge in [0.25, 0.3) is 0 Å². The molecule has 0 amide bonds. The van der Waals surface area contributed by atoms with Crippen molar-refractivity contribution >= 4 is 0 Å². The van der Waals surface area contributed by atoms with Crippen LogP contribution < -0.4 is 0 Å². The highest BCUT2D eigenvalue weighted by molar-refractivity contribution is 4.78. The predicted molar refractivity (Wildman–Crippen MR) is 72.8 cm³/mol. The smallest absolute Gasteiger partial charge is 0.0700 e. The Labute approximate surface area is 111 Å². The molecular formula is C14H29NO3. The van der Waals surface area contributed by atoms with Crippen LogP contribution in [0.1, 0.15) is 39.0 Å². The normalized spacial score (nSPS) is 23.2. The summed E-state index contributed by atoms with van der Waals surface area (Å²) in [6, 6.07) is 0.567. The summed E-state index contributed by atoms with van der Waals surface area (Å²) in [5, 5.41) is 9.53. The number of aliphatic hydroxyl groups excluding tert-OH is 1. The van der Waals surface area contributed by atoms with E-state index in [1.54, 1.807) is 7.11 Å². The Morgan fingerprint density at radius 1 is 1.28 bits per heavy atom. The average Bonchev–Trinajstić information content (AvgIpc) is 2.35. The molecule has 0 aliphatic carbocycles. The molecule has 1 heterocycles. The molecule has 0 aromatic carbocycles. The van der Waals surface area contributed by atoms with E-state index in [2.05, 4.69) is 4.90 Å². The number of ether oxygens (including phenoxy) is 2. The summed E-state index contributed by atoms with van der Waals surface area (Å²) in [5.41, 5.74) is 0. The van der Waals surface area contributed by atoms with Crippen molar-refractivity contribution in [2.45, 2.75) is 51.2 Å². The molecule has 18 heavy (non-hydrogen) atoms. The Hall–Kier alpha value is -0.160. The second kappa shape index (κ2) is 9.73. The summed E-state index contributed by atoms with van der Waals surface area (Å²) in [6.07, 6.45) is 5.62. The molecule has 1 aliphatic heterocycles. The Kier molecular flexibility index (Phi) is 8.59. The molecule has 1 aliphatic rings. The SMILES string of the molecule is COCCOCCCN1CCCCC1CC(C)O. The van der Waals surface area contributed by atoms with Crippen LogP contribution in [0.15, 0.2) is 0 Å². The molecule has 1 rings (SSSR count). The van der Waals surface area contributed by atoms with Crippen molar-refractivity contribution in [1.82, 2.24) is 4.90 Å². The highest BCUT2D eigenvalue weighted by atomic mass is 16.5. The zero-order valence-corrected chi connectivity index (χ0v) is 11.9. The summed E-state index contributed by atoms with van der Waals surface area (Å²) in [4.78, 5) is 2.52. The molecule has 0 aromatic rings. The van der Waals surface area contributed by atoms with Crippen molar-refractivity contribution in [1.29, 1.82) is 0 Å². The van der Waals surface area contributed by atoms with Gasteiger partial charge in [-0.25, -0.2) is 0 Å². The second-order valence-electron chi connectivity index (χ2n) is 5.23. The number of hydrogen-bond donors (Lipinski definition) is 1. The molecule has 4 nitrogen and oxygen atoms in total. The third-order valence-electron chi connectivity index (χ3n) is 3.53. The van der Waals surface area contributed by atoms with Crippen LogP contribution >= 0.6 is 0 Å². The Morgan fingerprint density at radius 2 is 2.11 bits per heavy atom. The molecule has 0 radical (unpaired) electrons. The first-order chi connectivity index (χ1) is 8.74. The lowest BCUT2D eigenvalue weighted by atomic mass is 9.97. The van der Waals surface area contributed by atoms with Crippen LogP contribution in [-0.2, 0) is 9.47 Å². The van der Waals surface area contributed by atoms with E-state index in [4.69, 9.17) is 9.47 Å². The first-order valence-electron chi connectivity index (χ1n) is 7.23. The summed E-state index contributed by atoms with van der Waals surface area (Å²) in [7, 11) is 1.69. The lowest BCUT2D eigenvalue weighted by Gasteiger charge is -2.36. The summed E-state index contributed by atoms with van der Waals surface area (Å²) < 4.78 is 10.4. The molecule has 4 heteroatoms. The van der Waals surface area contributed by atoms with Crippen LogP contribution in [0.2, 0.25) is 0 Å². The average molecular weight is 259 g/mol. The van der Waals surface area contributed by atoms with Gasteiger partial charge in [0, 0.05) is 26.3 Å². The number of hydrogen-bond acceptors (Lipinski definition) is 4. The molecule has 108 valence electrons. The molecule has 0 bridgehead atoms. The number of nitrogens with zero attached hydrogens (tertiary/aromatic N) is 1. The predicted octanol–water partition coefficient (Wildman–Crippen LogP) is 1.66. The maximum atomic E-state index is 9.53. The third kappa shape index (κ3) is 6.69. The van der Waals surface area contributed by atoms with Gasteiger partial charge in [0.05, 0.1) is 19.3 Å². The molecule has 0 spiro atoms. The number of piperidine rings is 1. The van der Waals surface area contributed by atoms with Crippen molar-refractivity contribution in [3.63, 3.8) is 0 Å². The molecule has 0 aromatic heterocycles. The maximum absolute atomic E-state index is 9.53. The van der Waals surface area contributed by atoms with E-state index in [0.29, 0.717) is 19.3 Å². The van der Waals surface area contributed by atoms with Crippen LogP contribution in [-0.4, -0.2) is 62.2 Å². The van der Waals surface area contributed by atoms with Crippen molar-refractivity contribution in [3.8, 4) is 0 Å². The molecule has 1 N–H and O–H groups in total. The van der Waals surface area contributed by atoms with Gasteiger partial charge in [0.2, 0.25) is 0 Å². The molecule has 1 saturated heterocycles. The van der Waals surface area contributed by atoms with E-state index in [-0.39, 0.29) is 6.10 Å². The fraction of sp³-hybridized carbons (Fsp3) is 1.00. The Bertz CT molecular complexity index is 199. The minimum Gasteiger partial charge on any atom is -0.393 e. The fourth-order valence-corrected chi connectivity index (χ4v) is 2.63. The first-order valence-corrected chi connectivity index (χ1v) is 7.23. The molecule has 2 atom stereocenters. The van der Waals surface area contributed by atoms with E-state index >= 15 is 0 Å². The van der Waals surface area contributed by atoms with Gasteiger partial charge in [-0.2, -0.15) is 0 Å². The van der Waals surface area contributed by atoms with Crippen LogP contribution in [0.4, 0.5) is 0 Å². The van der Waals surface area contributed by atoms with E-state index in [9.17, 15) is 5.11 Å². The quantitative estimate of drug-likeness (QED) is 0.640. The van der Waals surface area contributed by atoms with Gasteiger partial charge in [-0.05, 0) is 39.2 Å². The number of methoxy groups -OCH3 is 1. The number of likely N-dealkylation sites (tertiary alicyclic amines) is 1. The minimum absolute atomic E-state index is 0.187. The van der Waals surface area contributed by atoms with Crippen molar-refractivity contribution < 1.29 is 14.6 Å². The van der Waals surface area contributed by atoms with E-state index in [0.717, 1.165) is 26.0 Å². The van der Waals surface area contributed by atoms with Gasteiger partial charge >= 0.3 is 0 Å². The van der Waals surface area contributed by atoms with Crippen molar-refractivity contribution in [2.24, 2.45) is 0 Å². The Morgan fingerprint density at radius 3 is 2.83 bits per heavy atom. The highest BCUT2D eigenvalue weighted by Crippen LogP contribution is 2.20. The van der Waals surface area contributed by atoms with Gasteiger partial charge in [-0.3, -0.25) is 0 Å². The van der Waals surface area contributed by atoms with Crippen LogP contribution in [0, 0.1) is 0 Å². The molecule has 0 saturated carbocycles. The zero-order valence-electron chi connectivity index (χ0n) is 11.9. The largest absolute Gasteiger partial charge is 0.393 e. The number of aliphatic hydroxyl groups is 1. The standard InChI is InChI=1S/C14H29NO3/c1-13(16)12-14-6-3-4-7-15(14)8-5-9-18-11-10-17-2/h13-14,16H,3-12H2,1-2H3.